The summed E-state index contributed by atoms with van der Waals surface area (Å²) in [5.41, 5.74) is 1.47. The van der Waals surface area contributed by atoms with E-state index >= 15 is 0 Å². The van der Waals surface area contributed by atoms with Crippen molar-refractivity contribution in [1.82, 2.24) is 9.80 Å². The first-order chi connectivity index (χ1) is 18.0. The molecular weight excluding hydrogens is 509 g/mol. The minimum absolute atomic E-state index is 0.0187. The van der Waals surface area contributed by atoms with E-state index in [2.05, 4.69) is 10.2 Å². The number of likely N-dealkylation sites (tertiary alicyclic amines) is 2. The number of carbonyl (C=O) groups is 2. The third kappa shape index (κ3) is 5.44. The van der Waals surface area contributed by atoms with Crippen LogP contribution in [0, 0.1) is 11.2 Å². The normalized spacial score (nSPS) is 25.0. The van der Waals surface area contributed by atoms with Gasteiger partial charge in [-0.3, -0.25) is 15.0 Å². The van der Waals surface area contributed by atoms with E-state index < -0.39 is 11.7 Å². The van der Waals surface area contributed by atoms with Crippen molar-refractivity contribution in [2.24, 2.45) is 5.41 Å². The van der Waals surface area contributed by atoms with Gasteiger partial charge in [0.2, 0.25) is 5.91 Å². The molecule has 38 heavy (non-hydrogen) atoms. The number of anilines is 1. The lowest BCUT2D eigenvalue weighted by Gasteiger charge is -2.63. The number of rotatable bonds is 5. The number of hydrogen-bond acceptors (Lipinski definition) is 5. The van der Waals surface area contributed by atoms with Crippen LogP contribution in [0.2, 0.25) is 5.02 Å². The molecular formula is C29H33ClFN3O4. The van der Waals surface area contributed by atoms with Gasteiger partial charge in [-0.25, -0.2) is 9.18 Å². The molecule has 0 aliphatic carbocycles. The maximum absolute atomic E-state index is 13.4. The van der Waals surface area contributed by atoms with E-state index in [1.165, 1.54) is 12.1 Å². The fourth-order valence-electron chi connectivity index (χ4n) is 5.93. The highest BCUT2D eigenvalue weighted by molar-refractivity contribution is 6.31. The van der Waals surface area contributed by atoms with Crippen LogP contribution in [0.5, 0.6) is 0 Å². The highest BCUT2D eigenvalue weighted by Gasteiger charge is 2.66. The highest BCUT2D eigenvalue weighted by Crippen LogP contribution is 2.52. The number of ether oxygens (including phenoxy) is 2. The lowest BCUT2D eigenvalue weighted by molar-refractivity contribution is -0.173. The van der Waals surface area contributed by atoms with Crippen molar-refractivity contribution in [3.63, 3.8) is 0 Å². The first kappa shape index (κ1) is 26.7. The molecule has 3 aliphatic rings. The first-order valence-electron chi connectivity index (χ1n) is 12.9. The molecule has 3 saturated heterocycles. The Labute approximate surface area is 227 Å². The van der Waals surface area contributed by atoms with Crippen molar-refractivity contribution in [3.05, 3.63) is 70.5 Å². The average molecular weight is 542 g/mol. The van der Waals surface area contributed by atoms with E-state index in [4.69, 9.17) is 21.1 Å². The minimum atomic E-state index is -0.642. The Morgan fingerprint density at radius 1 is 1.21 bits per heavy atom. The Bertz CT molecular complexity index is 1250. The van der Waals surface area contributed by atoms with Crippen molar-refractivity contribution in [2.75, 3.05) is 31.6 Å². The van der Waals surface area contributed by atoms with Crippen LogP contribution in [0.25, 0.3) is 6.08 Å². The molecule has 3 unspecified atom stereocenters. The van der Waals surface area contributed by atoms with Gasteiger partial charge in [0.1, 0.15) is 11.4 Å². The fraction of sp³-hybridized carbons (Fsp3) is 0.448. The zero-order valence-electron chi connectivity index (χ0n) is 21.9. The minimum Gasteiger partial charge on any atom is -0.444 e. The molecule has 1 N–H and O–H groups in total. The van der Waals surface area contributed by atoms with Gasteiger partial charge in [-0.1, -0.05) is 29.8 Å². The Kier molecular flexibility index (Phi) is 7.24. The van der Waals surface area contributed by atoms with E-state index in [0.717, 1.165) is 31.6 Å². The molecule has 7 nitrogen and oxygen atoms in total. The summed E-state index contributed by atoms with van der Waals surface area (Å²) in [6.45, 7) is 8.97. The van der Waals surface area contributed by atoms with Gasteiger partial charge < -0.3 is 14.4 Å². The van der Waals surface area contributed by atoms with Crippen LogP contribution in [-0.2, 0) is 20.8 Å². The average Bonchev–Trinajstić information content (AvgIpc) is 3.14. The SMILES string of the molecule is CC(C)(C)OC(=O)Nc1cc(Cl)ccc1/C=C/C(=O)N1C2CCN(Cc3ccc(F)cc3)CC23COCC13. The topological polar surface area (TPSA) is 71.1 Å². The maximum atomic E-state index is 13.4. The van der Waals surface area contributed by atoms with Crippen LogP contribution in [0.3, 0.4) is 0 Å². The van der Waals surface area contributed by atoms with Crippen LogP contribution in [0.1, 0.15) is 38.3 Å². The fourth-order valence-corrected chi connectivity index (χ4v) is 6.10. The number of nitrogens with zero attached hydrogens (tertiary/aromatic N) is 2. The molecule has 0 radical (unpaired) electrons. The van der Waals surface area contributed by atoms with Gasteiger partial charge in [-0.15, -0.1) is 0 Å². The molecule has 9 heteroatoms. The molecule has 3 atom stereocenters. The van der Waals surface area contributed by atoms with Gasteiger partial charge in [0.15, 0.2) is 0 Å². The van der Waals surface area contributed by atoms with Crippen molar-refractivity contribution < 1.29 is 23.5 Å². The standard InChI is InChI=1S/C29H33ClFN3O4/c1-28(2,3)38-27(36)32-23-14-21(30)8-6-20(23)7-11-26(35)34-24-12-13-33(15-19-4-9-22(31)10-5-19)17-29(24)18-37-16-25(29)34/h4-11,14,24-25H,12-13,15-18H2,1-3H3,(H,32,36)/b11-7+. The van der Waals surface area contributed by atoms with Crippen LogP contribution in [-0.4, -0.2) is 65.8 Å². The smallest absolute Gasteiger partial charge is 0.412 e. The van der Waals surface area contributed by atoms with E-state index in [-0.39, 0.29) is 29.2 Å². The second kappa shape index (κ2) is 10.3. The summed E-state index contributed by atoms with van der Waals surface area (Å²) in [4.78, 5) is 30.0. The Hall–Kier alpha value is -2.94. The van der Waals surface area contributed by atoms with Crippen LogP contribution >= 0.6 is 11.6 Å². The molecule has 0 saturated carbocycles. The van der Waals surface area contributed by atoms with Crippen molar-refractivity contribution in [2.45, 2.75) is 51.4 Å². The van der Waals surface area contributed by atoms with Crippen LogP contribution in [0.4, 0.5) is 14.9 Å². The molecule has 5 rings (SSSR count). The molecule has 2 amide bonds. The van der Waals surface area contributed by atoms with Gasteiger partial charge >= 0.3 is 6.09 Å². The number of piperidine rings is 1. The number of carbonyl (C=O) groups excluding carboxylic acids is 2. The first-order valence-corrected chi connectivity index (χ1v) is 13.3. The van der Waals surface area contributed by atoms with Crippen molar-refractivity contribution in [1.29, 1.82) is 0 Å². The van der Waals surface area contributed by atoms with Gasteiger partial charge in [-0.05, 0) is 68.7 Å². The molecule has 2 aromatic rings. The highest BCUT2D eigenvalue weighted by atomic mass is 35.5. The number of halogens is 2. The number of hydrogen-bond donors (Lipinski definition) is 1. The van der Waals surface area contributed by atoms with E-state index in [1.54, 1.807) is 51.1 Å². The van der Waals surface area contributed by atoms with E-state index in [0.29, 0.717) is 29.5 Å². The monoisotopic (exact) mass is 541 g/mol. The van der Waals surface area contributed by atoms with Gasteiger partial charge in [0, 0.05) is 42.2 Å². The third-order valence-corrected chi connectivity index (χ3v) is 7.75. The second-order valence-corrected chi connectivity index (χ2v) is 11.8. The third-order valence-electron chi connectivity index (χ3n) is 7.51. The predicted molar refractivity (Wildman–Crippen MR) is 144 cm³/mol. The molecule has 202 valence electrons. The Morgan fingerprint density at radius 2 is 1.97 bits per heavy atom. The second-order valence-electron chi connectivity index (χ2n) is 11.3. The summed E-state index contributed by atoms with van der Waals surface area (Å²) < 4.78 is 24.6. The number of amides is 2. The lowest BCUT2D eigenvalue weighted by atomic mass is 9.63. The van der Waals surface area contributed by atoms with Gasteiger partial charge in [0.25, 0.3) is 0 Å². The Morgan fingerprint density at radius 3 is 2.71 bits per heavy atom. The predicted octanol–water partition coefficient (Wildman–Crippen LogP) is 5.34. The molecule has 2 aromatic carbocycles. The van der Waals surface area contributed by atoms with Crippen molar-refractivity contribution in [3.8, 4) is 0 Å². The van der Waals surface area contributed by atoms with Crippen molar-refractivity contribution >= 4 is 35.4 Å². The van der Waals surface area contributed by atoms with E-state index in [9.17, 15) is 14.0 Å². The van der Waals surface area contributed by atoms with Gasteiger partial charge in [-0.2, -0.15) is 0 Å². The van der Waals surface area contributed by atoms with Gasteiger partial charge in [0.05, 0.1) is 24.9 Å². The zero-order valence-corrected chi connectivity index (χ0v) is 22.6. The molecule has 0 aromatic heterocycles. The van der Waals surface area contributed by atoms with E-state index in [1.807, 2.05) is 17.0 Å². The molecule has 3 heterocycles. The molecule has 0 bridgehead atoms. The summed E-state index contributed by atoms with van der Waals surface area (Å²) in [6.07, 6.45) is 3.51. The zero-order chi connectivity index (χ0) is 27.1. The Balaban J connectivity index is 1.26. The van der Waals surface area contributed by atoms with Crippen LogP contribution < -0.4 is 5.32 Å². The summed E-state index contributed by atoms with van der Waals surface area (Å²) in [7, 11) is 0. The summed E-state index contributed by atoms with van der Waals surface area (Å²) in [5, 5.41) is 3.19. The molecule has 1 spiro atoms. The summed E-state index contributed by atoms with van der Waals surface area (Å²) in [5.74, 6) is -0.311. The summed E-state index contributed by atoms with van der Waals surface area (Å²) >= 11 is 6.16. The quantitative estimate of drug-likeness (QED) is 0.517. The number of nitrogens with one attached hydrogen (secondary N) is 1. The molecule has 3 fully saturated rings. The number of benzene rings is 2. The lowest BCUT2D eigenvalue weighted by Crippen LogP contribution is -2.77. The molecule has 3 aliphatic heterocycles. The van der Waals surface area contributed by atoms with Crippen LogP contribution in [0.15, 0.2) is 48.5 Å². The maximum Gasteiger partial charge on any atom is 0.412 e. The summed E-state index contributed by atoms with van der Waals surface area (Å²) in [6, 6.07) is 11.9. The largest absolute Gasteiger partial charge is 0.444 e.